The monoisotopic (exact) mass is 298 g/mol. The smallest absolute Gasteiger partial charge is 0.0848 e. The summed E-state index contributed by atoms with van der Waals surface area (Å²) in [5.74, 6) is 1.45. The molecule has 1 aliphatic carbocycles. The van der Waals surface area contributed by atoms with Gasteiger partial charge in [0.1, 0.15) is 0 Å². The number of hydrogen-bond acceptors (Lipinski definition) is 2. The Balaban J connectivity index is 2.11. The van der Waals surface area contributed by atoms with Crippen LogP contribution in [0.2, 0.25) is 5.02 Å². The minimum Gasteiger partial charge on any atom is -0.389 e. The van der Waals surface area contributed by atoms with Crippen molar-refractivity contribution in [2.24, 2.45) is 18.9 Å². The van der Waals surface area contributed by atoms with Crippen molar-refractivity contribution in [2.45, 2.75) is 64.9 Å². The SMILES string of the molecule is Cc1nn(C)c(CC2(O)CCCC(C(C)C)CC2)c1Cl. The molecule has 0 aromatic carbocycles. The zero-order valence-corrected chi connectivity index (χ0v) is 13.9. The van der Waals surface area contributed by atoms with Crippen LogP contribution >= 0.6 is 11.6 Å². The largest absolute Gasteiger partial charge is 0.389 e. The maximum Gasteiger partial charge on any atom is 0.0848 e. The first-order chi connectivity index (χ1) is 9.32. The Morgan fingerprint density at radius 2 is 2.10 bits per heavy atom. The van der Waals surface area contributed by atoms with Crippen LogP contribution in [0.5, 0.6) is 0 Å². The minimum atomic E-state index is -0.618. The average Bonchev–Trinajstić information content (AvgIpc) is 2.56. The summed E-state index contributed by atoms with van der Waals surface area (Å²) in [6, 6.07) is 0. The Hall–Kier alpha value is -0.540. The molecule has 0 bridgehead atoms. The van der Waals surface area contributed by atoms with Crippen LogP contribution in [0, 0.1) is 18.8 Å². The van der Waals surface area contributed by atoms with Crippen molar-refractivity contribution in [2.75, 3.05) is 0 Å². The number of aliphatic hydroxyl groups is 1. The molecule has 114 valence electrons. The van der Waals surface area contributed by atoms with Gasteiger partial charge in [0, 0.05) is 13.5 Å². The minimum absolute atomic E-state index is 0.618. The lowest BCUT2D eigenvalue weighted by Crippen LogP contribution is -2.32. The first kappa shape index (κ1) is 15.8. The predicted molar refractivity (Wildman–Crippen MR) is 83.0 cm³/mol. The van der Waals surface area contributed by atoms with Gasteiger partial charge in [0.2, 0.25) is 0 Å². The molecule has 0 spiro atoms. The Bertz CT molecular complexity index is 469. The van der Waals surface area contributed by atoms with Gasteiger partial charge >= 0.3 is 0 Å². The average molecular weight is 299 g/mol. The van der Waals surface area contributed by atoms with Crippen molar-refractivity contribution in [1.29, 1.82) is 0 Å². The fourth-order valence-corrected chi connectivity index (χ4v) is 3.67. The third-order valence-electron chi connectivity index (χ3n) is 4.90. The Morgan fingerprint density at radius 1 is 1.40 bits per heavy atom. The molecule has 1 saturated carbocycles. The van der Waals surface area contributed by atoms with E-state index in [1.807, 2.05) is 18.7 Å². The highest BCUT2D eigenvalue weighted by Gasteiger charge is 2.33. The van der Waals surface area contributed by atoms with Crippen molar-refractivity contribution >= 4 is 11.6 Å². The van der Waals surface area contributed by atoms with Crippen LogP contribution in [0.4, 0.5) is 0 Å². The number of aromatic nitrogens is 2. The number of aryl methyl sites for hydroxylation is 2. The second kappa shape index (κ2) is 6.07. The van der Waals surface area contributed by atoms with Crippen molar-refractivity contribution in [3.8, 4) is 0 Å². The van der Waals surface area contributed by atoms with Gasteiger partial charge in [-0.3, -0.25) is 4.68 Å². The van der Waals surface area contributed by atoms with Crippen molar-refractivity contribution in [3.63, 3.8) is 0 Å². The van der Waals surface area contributed by atoms with Crippen LogP contribution in [0.15, 0.2) is 0 Å². The lowest BCUT2D eigenvalue weighted by Gasteiger charge is -2.27. The first-order valence-electron chi connectivity index (χ1n) is 7.73. The van der Waals surface area contributed by atoms with Gasteiger partial charge in [-0.2, -0.15) is 5.10 Å². The zero-order valence-electron chi connectivity index (χ0n) is 13.1. The number of halogens is 1. The van der Waals surface area contributed by atoms with E-state index in [0.29, 0.717) is 17.4 Å². The molecule has 2 rings (SSSR count). The molecule has 4 heteroatoms. The van der Waals surface area contributed by atoms with Crippen LogP contribution in [-0.4, -0.2) is 20.5 Å². The number of hydrogen-bond donors (Lipinski definition) is 1. The van der Waals surface area contributed by atoms with E-state index in [-0.39, 0.29) is 0 Å². The molecular formula is C16H27ClN2O. The summed E-state index contributed by atoms with van der Waals surface area (Å²) in [7, 11) is 1.91. The molecule has 0 radical (unpaired) electrons. The molecule has 0 aliphatic heterocycles. The topological polar surface area (TPSA) is 38.0 Å². The fraction of sp³-hybridized carbons (Fsp3) is 0.812. The van der Waals surface area contributed by atoms with Crippen LogP contribution in [0.1, 0.15) is 57.3 Å². The molecule has 1 aromatic heterocycles. The molecule has 2 unspecified atom stereocenters. The van der Waals surface area contributed by atoms with Gasteiger partial charge < -0.3 is 5.11 Å². The Labute approximate surface area is 127 Å². The van der Waals surface area contributed by atoms with E-state index in [9.17, 15) is 5.11 Å². The van der Waals surface area contributed by atoms with Gasteiger partial charge in [-0.15, -0.1) is 0 Å². The standard InChI is InChI=1S/C16H27ClN2O/c1-11(2)13-6-5-8-16(20,9-7-13)10-14-15(17)12(3)18-19(14)4/h11,13,20H,5-10H2,1-4H3. The predicted octanol–water partition coefficient (Wildman–Crippen LogP) is 3.89. The first-order valence-corrected chi connectivity index (χ1v) is 8.10. The van der Waals surface area contributed by atoms with Crippen LogP contribution in [0.3, 0.4) is 0 Å². The van der Waals surface area contributed by atoms with Gasteiger partial charge in [-0.05, 0) is 38.0 Å². The summed E-state index contributed by atoms with van der Waals surface area (Å²) in [6.45, 7) is 6.49. The van der Waals surface area contributed by atoms with Gasteiger partial charge in [0.05, 0.1) is 22.0 Å². The molecule has 1 aliphatic rings. The summed E-state index contributed by atoms with van der Waals surface area (Å²) in [5, 5.41) is 16.0. The van der Waals surface area contributed by atoms with E-state index >= 15 is 0 Å². The second-order valence-corrected chi connectivity index (χ2v) is 7.18. The van der Waals surface area contributed by atoms with Crippen molar-refractivity contribution in [3.05, 3.63) is 16.4 Å². The maximum absolute atomic E-state index is 11.0. The molecule has 2 atom stereocenters. The van der Waals surface area contributed by atoms with E-state index < -0.39 is 5.60 Å². The van der Waals surface area contributed by atoms with Gasteiger partial charge in [-0.25, -0.2) is 0 Å². The highest BCUT2D eigenvalue weighted by atomic mass is 35.5. The molecule has 1 fully saturated rings. The summed E-state index contributed by atoms with van der Waals surface area (Å²) < 4.78 is 1.82. The van der Waals surface area contributed by atoms with Gasteiger partial charge in [0.25, 0.3) is 0 Å². The molecular weight excluding hydrogens is 272 g/mol. The summed E-state index contributed by atoms with van der Waals surface area (Å²) in [5.41, 5.74) is 1.20. The summed E-state index contributed by atoms with van der Waals surface area (Å²) in [4.78, 5) is 0. The maximum atomic E-state index is 11.0. The van der Waals surface area contributed by atoms with E-state index in [1.54, 1.807) is 0 Å². The normalized spacial score (nSPS) is 27.9. The molecule has 1 N–H and O–H groups in total. The quantitative estimate of drug-likeness (QED) is 0.860. The molecule has 0 saturated heterocycles. The third-order valence-corrected chi connectivity index (χ3v) is 5.39. The van der Waals surface area contributed by atoms with Gasteiger partial charge in [-0.1, -0.05) is 38.3 Å². The van der Waals surface area contributed by atoms with E-state index in [1.165, 1.54) is 6.42 Å². The highest BCUT2D eigenvalue weighted by molar-refractivity contribution is 6.31. The van der Waals surface area contributed by atoms with Crippen LogP contribution < -0.4 is 0 Å². The fourth-order valence-electron chi connectivity index (χ4n) is 3.44. The summed E-state index contributed by atoms with van der Waals surface area (Å²) in [6.07, 6.45) is 5.82. The van der Waals surface area contributed by atoms with E-state index in [2.05, 4.69) is 18.9 Å². The molecule has 3 nitrogen and oxygen atoms in total. The number of rotatable bonds is 3. The van der Waals surface area contributed by atoms with E-state index in [4.69, 9.17) is 11.6 Å². The van der Waals surface area contributed by atoms with Crippen LogP contribution in [0.25, 0.3) is 0 Å². The lowest BCUT2D eigenvalue weighted by molar-refractivity contribution is 0.0220. The van der Waals surface area contributed by atoms with E-state index in [0.717, 1.165) is 43.0 Å². The molecule has 1 heterocycles. The van der Waals surface area contributed by atoms with Gasteiger partial charge in [0.15, 0.2) is 0 Å². The molecule has 1 aromatic rings. The lowest BCUT2D eigenvalue weighted by atomic mass is 9.86. The summed E-state index contributed by atoms with van der Waals surface area (Å²) >= 11 is 6.32. The number of nitrogens with zero attached hydrogens (tertiary/aromatic N) is 2. The molecule has 20 heavy (non-hydrogen) atoms. The Kier molecular flexibility index (Phi) is 4.80. The zero-order chi connectivity index (χ0) is 14.9. The van der Waals surface area contributed by atoms with Crippen molar-refractivity contribution in [1.82, 2.24) is 9.78 Å². The second-order valence-electron chi connectivity index (χ2n) is 6.81. The van der Waals surface area contributed by atoms with Crippen LogP contribution in [-0.2, 0) is 13.5 Å². The van der Waals surface area contributed by atoms with Crippen molar-refractivity contribution < 1.29 is 5.11 Å². The molecule has 0 amide bonds. The Morgan fingerprint density at radius 3 is 2.65 bits per heavy atom. The third kappa shape index (κ3) is 3.37. The highest BCUT2D eigenvalue weighted by Crippen LogP contribution is 2.37.